The Balaban J connectivity index is 2.15. The largest absolute Gasteiger partial charge is 0.411 e. The highest BCUT2D eigenvalue weighted by atomic mass is 79.9. The molecule has 0 radical (unpaired) electrons. The van der Waals surface area contributed by atoms with Gasteiger partial charge in [-0.1, -0.05) is 46.3 Å². The molecule has 0 N–H and O–H groups in total. The van der Waals surface area contributed by atoms with E-state index >= 15 is 0 Å². The molecule has 0 spiro atoms. The van der Waals surface area contributed by atoms with Crippen LogP contribution in [0.3, 0.4) is 0 Å². The molecule has 0 aliphatic rings. The van der Waals surface area contributed by atoms with Crippen LogP contribution in [0.25, 0.3) is 0 Å². The fourth-order valence-corrected chi connectivity index (χ4v) is 2.01. The summed E-state index contributed by atoms with van der Waals surface area (Å²) in [6.45, 7) is -1.03. The first kappa shape index (κ1) is 14.5. The van der Waals surface area contributed by atoms with Gasteiger partial charge < -0.3 is 4.74 Å². The molecule has 96 valence electrons. The molecule has 17 heavy (non-hydrogen) atoms. The van der Waals surface area contributed by atoms with E-state index in [1.54, 1.807) is 0 Å². The van der Waals surface area contributed by atoms with Crippen LogP contribution in [-0.4, -0.2) is 19.4 Å². The lowest BCUT2D eigenvalue weighted by atomic mass is 10.1. The van der Waals surface area contributed by atoms with Crippen LogP contribution in [-0.2, 0) is 4.74 Å². The first-order chi connectivity index (χ1) is 7.99. The molecule has 1 rings (SSSR count). The van der Waals surface area contributed by atoms with E-state index in [4.69, 9.17) is 0 Å². The molecule has 0 aliphatic heterocycles. The topological polar surface area (TPSA) is 9.23 Å². The Labute approximate surface area is 107 Å². The van der Waals surface area contributed by atoms with Crippen molar-refractivity contribution in [1.82, 2.24) is 0 Å². The Bertz CT molecular complexity index is 313. The van der Waals surface area contributed by atoms with Crippen LogP contribution in [0.15, 0.2) is 30.3 Å². The number of ether oxygens (including phenoxy) is 1. The minimum atomic E-state index is -4.23. The average molecular weight is 311 g/mol. The maximum Gasteiger partial charge on any atom is 0.411 e. The summed E-state index contributed by atoms with van der Waals surface area (Å²) in [4.78, 5) is 0.165. The summed E-state index contributed by atoms with van der Waals surface area (Å²) in [6.07, 6.45) is -2.88. The lowest BCUT2D eigenvalue weighted by Crippen LogP contribution is -2.17. The Hall–Kier alpha value is -0.550. The average Bonchev–Trinajstić information content (AvgIpc) is 2.28. The van der Waals surface area contributed by atoms with Gasteiger partial charge in [0.25, 0.3) is 0 Å². The van der Waals surface area contributed by atoms with Crippen molar-refractivity contribution in [2.75, 3.05) is 13.2 Å². The summed E-state index contributed by atoms with van der Waals surface area (Å²) in [7, 11) is 0. The minimum absolute atomic E-state index is 0.133. The van der Waals surface area contributed by atoms with Gasteiger partial charge in [-0.25, -0.2) is 0 Å². The normalized spacial score (nSPS) is 13.6. The third-order valence-electron chi connectivity index (χ3n) is 2.17. The van der Waals surface area contributed by atoms with Gasteiger partial charge in [0.1, 0.15) is 6.61 Å². The SMILES string of the molecule is FC(F)(F)COCCCC(Br)c1ccccc1. The van der Waals surface area contributed by atoms with Crippen LogP contribution < -0.4 is 0 Å². The lowest BCUT2D eigenvalue weighted by Gasteiger charge is -2.11. The Morgan fingerprint density at radius 3 is 2.41 bits per heavy atom. The van der Waals surface area contributed by atoms with Crippen molar-refractivity contribution in [2.24, 2.45) is 0 Å². The van der Waals surface area contributed by atoms with Gasteiger partial charge in [-0.15, -0.1) is 0 Å². The molecule has 0 heterocycles. The Morgan fingerprint density at radius 2 is 1.82 bits per heavy atom. The van der Waals surface area contributed by atoms with E-state index in [1.807, 2.05) is 30.3 Å². The molecule has 1 nitrogen and oxygen atoms in total. The van der Waals surface area contributed by atoms with Crippen molar-refractivity contribution in [3.8, 4) is 0 Å². The second-order valence-corrected chi connectivity index (χ2v) is 4.79. The summed E-state index contributed by atoms with van der Waals surface area (Å²) in [5, 5.41) is 0. The molecule has 0 amide bonds. The van der Waals surface area contributed by atoms with Crippen LogP contribution >= 0.6 is 15.9 Å². The molecule has 1 aromatic carbocycles. The van der Waals surface area contributed by atoms with E-state index in [9.17, 15) is 13.2 Å². The number of halogens is 4. The fraction of sp³-hybridized carbons (Fsp3) is 0.500. The first-order valence-corrected chi connectivity index (χ1v) is 6.24. The summed E-state index contributed by atoms with van der Waals surface area (Å²) < 4.78 is 39.9. The Kier molecular flexibility index (Phi) is 5.98. The quantitative estimate of drug-likeness (QED) is 0.556. The lowest BCUT2D eigenvalue weighted by molar-refractivity contribution is -0.174. The second kappa shape index (κ2) is 7.01. The molecule has 1 aromatic rings. The smallest absolute Gasteiger partial charge is 0.372 e. The highest BCUT2D eigenvalue weighted by molar-refractivity contribution is 9.09. The maximum absolute atomic E-state index is 11.8. The van der Waals surface area contributed by atoms with Gasteiger partial charge in [-0.2, -0.15) is 13.2 Å². The molecule has 0 saturated carbocycles. The molecule has 0 fully saturated rings. The predicted octanol–water partition coefficient (Wildman–Crippen LogP) is 4.48. The molecular weight excluding hydrogens is 297 g/mol. The summed E-state index contributed by atoms with van der Waals surface area (Å²) in [5.41, 5.74) is 1.13. The van der Waals surface area contributed by atoms with Gasteiger partial charge in [0.05, 0.1) is 0 Å². The third kappa shape index (κ3) is 6.68. The van der Waals surface area contributed by atoms with Crippen molar-refractivity contribution in [3.05, 3.63) is 35.9 Å². The number of hydrogen-bond donors (Lipinski definition) is 0. The monoisotopic (exact) mass is 310 g/mol. The van der Waals surface area contributed by atoms with E-state index < -0.39 is 12.8 Å². The molecule has 1 atom stereocenters. The van der Waals surface area contributed by atoms with E-state index in [2.05, 4.69) is 20.7 Å². The number of rotatable bonds is 6. The third-order valence-corrected chi connectivity index (χ3v) is 3.16. The second-order valence-electron chi connectivity index (χ2n) is 3.69. The minimum Gasteiger partial charge on any atom is -0.372 e. The van der Waals surface area contributed by atoms with Crippen molar-refractivity contribution < 1.29 is 17.9 Å². The van der Waals surface area contributed by atoms with E-state index in [-0.39, 0.29) is 11.4 Å². The first-order valence-electron chi connectivity index (χ1n) is 5.32. The molecule has 0 aromatic heterocycles. The highest BCUT2D eigenvalue weighted by Gasteiger charge is 2.27. The standard InChI is InChI=1S/C12H14BrF3O/c13-11(10-5-2-1-3-6-10)7-4-8-17-9-12(14,15)16/h1-3,5-6,11H,4,7-9H2. The number of hydrogen-bond acceptors (Lipinski definition) is 1. The van der Waals surface area contributed by atoms with E-state index in [0.29, 0.717) is 6.42 Å². The van der Waals surface area contributed by atoms with Crippen LogP contribution in [0.1, 0.15) is 23.2 Å². The van der Waals surface area contributed by atoms with Gasteiger partial charge in [0.15, 0.2) is 0 Å². The molecule has 0 bridgehead atoms. The van der Waals surface area contributed by atoms with Crippen LogP contribution in [0.4, 0.5) is 13.2 Å². The maximum atomic E-state index is 11.8. The van der Waals surface area contributed by atoms with Gasteiger partial charge >= 0.3 is 6.18 Å². The summed E-state index contributed by atoms with van der Waals surface area (Å²) in [5.74, 6) is 0. The summed E-state index contributed by atoms with van der Waals surface area (Å²) in [6, 6.07) is 9.76. The fourth-order valence-electron chi connectivity index (χ4n) is 1.38. The zero-order valence-electron chi connectivity index (χ0n) is 9.21. The molecule has 1 unspecified atom stereocenters. The molecule has 0 aliphatic carbocycles. The van der Waals surface area contributed by atoms with Crippen molar-refractivity contribution in [2.45, 2.75) is 23.8 Å². The zero-order chi connectivity index (χ0) is 12.7. The highest BCUT2D eigenvalue weighted by Crippen LogP contribution is 2.27. The number of benzene rings is 1. The molecule has 0 saturated heterocycles. The molecule has 5 heteroatoms. The van der Waals surface area contributed by atoms with Crippen molar-refractivity contribution >= 4 is 15.9 Å². The number of alkyl halides is 4. The van der Waals surface area contributed by atoms with E-state index in [0.717, 1.165) is 12.0 Å². The van der Waals surface area contributed by atoms with Crippen LogP contribution in [0.5, 0.6) is 0 Å². The van der Waals surface area contributed by atoms with Gasteiger partial charge in [-0.3, -0.25) is 0 Å². The van der Waals surface area contributed by atoms with Crippen molar-refractivity contribution in [1.29, 1.82) is 0 Å². The van der Waals surface area contributed by atoms with Gasteiger partial charge in [-0.05, 0) is 18.4 Å². The molecular formula is C12H14BrF3O. The van der Waals surface area contributed by atoms with Crippen LogP contribution in [0.2, 0.25) is 0 Å². The predicted molar refractivity (Wildman–Crippen MR) is 64.2 cm³/mol. The van der Waals surface area contributed by atoms with Gasteiger partial charge in [0.2, 0.25) is 0 Å². The Morgan fingerprint density at radius 1 is 1.18 bits per heavy atom. The van der Waals surface area contributed by atoms with E-state index in [1.165, 1.54) is 0 Å². The zero-order valence-corrected chi connectivity index (χ0v) is 10.8. The summed E-state index contributed by atoms with van der Waals surface area (Å²) >= 11 is 3.50. The van der Waals surface area contributed by atoms with Crippen molar-refractivity contribution in [3.63, 3.8) is 0 Å². The van der Waals surface area contributed by atoms with Gasteiger partial charge in [0, 0.05) is 11.4 Å². The van der Waals surface area contributed by atoms with Crippen LogP contribution in [0, 0.1) is 0 Å².